The van der Waals surface area contributed by atoms with Crippen molar-refractivity contribution in [1.29, 1.82) is 0 Å². The van der Waals surface area contributed by atoms with Crippen LogP contribution < -0.4 is 0 Å². The molecule has 0 aromatic rings. The van der Waals surface area contributed by atoms with Crippen molar-refractivity contribution in [2.24, 2.45) is 5.92 Å². The molecule has 0 radical (unpaired) electrons. The van der Waals surface area contributed by atoms with E-state index in [9.17, 15) is 30.6 Å². The zero-order chi connectivity index (χ0) is 18.2. The molecule has 2 aliphatic rings. The first-order chi connectivity index (χ1) is 11.2. The summed E-state index contributed by atoms with van der Waals surface area (Å²) in [6.07, 6.45) is -11.4. The van der Waals surface area contributed by atoms with Crippen LogP contribution in [0.5, 0.6) is 0 Å². The highest BCUT2D eigenvalue weighted by molar-refractivity contribution is 4.99. The van der Waals surface area contributed by atoms with E-state index in [4.69, 9.17) is 14.2 Å². The predicted molar refractivity (Wildman–Crippen MR) is 79.8 cm³/mol. The molecule has 9 unspecified atom stereocenters. The number of rotatable bonds is 4. The van der Waals surface area contributed by atoms with Crippen LogP contribution in [0.15, 0.2) is 0 Å². The fourth-order valence-corrected chi connectivity index (χ4v) is 3.22. The van der Waals surface area contributed by atoms with E-state index >= 15 is 0 Å². The van der Waals surface area contributed by atoms with Crippen LogP contribution in [0.3, 0.4) is 0 Å². The fourth-order valence-electron chi connectivity index (χ4n) is 3.22. The van der Waals surface area contributed by atoms with Crippen LogP contribution in [0.1, 0.15) is 20.8 Å². The molecule has 0 aromatic heterocycles. The molecular weight excluding hydrogens is 324 g/mol. The molecule has 1 saturated carbocycles. The number of aliphatic hydroxyl groups excluding tert-OH is 6. The van der Waals surface area contributed by atoms with E-state index in [0.717, 1.165) is 0 Å². The number of hydrogen-bond acceptors (Lipinski definition) is 9. The normalized spacial score (nSPS) is 53.1. The second-order valence-corrected chi connectivity index (χ2v) is 6.73. The standard InChI is InChI=1S/C15H28O9/c1-5-6(2)24-7(3)14(8(5)16)22-4-23-15-12(20)10(18)9(17)11(19)13(15)21/h5-21H,4H2,1-3H3. The Morgan fingerprint density at radius 2 is 1.08 bits per heavy atom. The van der Waals surface area contributed by atoms with Crippen molar-refractivity contribution in [3.05, 3.63) is 0 Å². The van der Waals surface area contributed by atoms with Gasteiger partial charge < -0.3 is 44.8 Å². The molecule has 1 aliphatic heterocycles. The van der Waals surface area contributed by atoms with E-state index in [0.29, 0.717) is 0 Å². The molecule has 2 fully saturated rings. The van der Waals surface area contributed by atoms with Crippen LogP contribution in [0.2, 0.25) is 0 Å². The second-order valence-electron chi connectivity index (χ2n) is 6.73. The Labute approximate surface area is 140 Å². The monoisotopic (exact) mass is 352 g/mol. The summed E-state index contributed by atoms with van der Waals surface area (Å²) < 4.78 is 16.4. The minimum Gasteiger partial charge on any atom is -0.390 e. The maximum atomic E-state index is 10.3. The van der Waals surface area contributed by atoms with Gasteiger partial charge >= 0.3 is 0 Å². The predicted octanol–water partition coefficient (Wildman–Crippen LogP) is -2.66. The van der Waals surface area contributed by atoms with Crippen molar-refractivity contribution < 1.29 is 44.8 Å². The van der Waals surface area contributed by atoms with Crippen molar-refractivity contribution in [1.82, 2.24) is 0 Å². The third-order valence-corrected chi connectivity index (χ3v) is 5.10. The molecule has 0 spiro atoms. The summed E-state index contributed by atoms with van der Waals surface area (Å²) in [7, 11) is 0. The van der Waals surface area contributed by atoms with Gasteiger partial charge in [0.2, 0.25) is 0 Å². The van der Waals surface area contributed by atoms with Crippen molar-refractivity contribution in [3.63, 3.8) is 0 Å². The van der Waals surface area contributed by atoms with Crippen LogP contribution in [-0.4, -0.2) is 98.5 Å². The topological polar surface area (TPSA) is 149 Å². The van der Waals surface area contributed by atoms with Gasteiger partial charge in [0.1, 0.15) is 49.5 Å². The lowest BCUT2D eigenvalue weighted by Crippen LogP contribution is -2.64. The Hall–Kier alpha value is -0.360. The maximum absolute atomic E-state index is 10.3. The molecule has 0 bridgehead atoms. The Kier molecular flexibility index (Phi) is 6.57. The molecule has 9 atom stereocenters. The van der Waals surface area contributed by atoms with Gasteiger partial charge in [0.05, 0.1) is 18.3 Å². The zero-order valence-corrected chi connectivity index (χ0v) is 14.0. The highest BCUT2D eigenvalue weighted by Crippen LogP contribution is 2.28. The van der Waals surface area contributed by atoms with Gasteiger partial charge in [0.25, 0.3) is 0 Å². The Morgan fingerprint density at radius 1 is 0.625 bits per heavy atom. The van der Waals surface area contributed by atoms with Crippen molar-refractivity contribution in [3.8, 4) is 0 Å². The average molecular weight is 352 g/mol. The van der Waals surface area contributed by atoms with E-state index in [1.165, 1.54) is 0 Å². The lowest BCUT2D eigenvalue weighted by atomic mass is 9.85. The average Bonchev–Trinajstić information content (AvgIpc) is 2.55. The molecule has 1 heterocycles. The molecule has 9 heteroatoms. The first-order valence-corrected chi connectivity index (χ1v) is 8.13. The van der Waals surface area contributed by atoms with Crippen LogP contribution in [0.4, 0.5) is 0 Å². The van der Waals surface area contributed by atoms with Crippen molar-refractivity contribution >= 4 is 0 Å². The van der Waals surface area contributed by atoms with E-state index in [1.54, 1.807) is 6.92 Å². The molecule has 6 N–H and O–H groups in total. The van der Waals surface area contributed by atoms with E-state index in [2.05, 4.69) is 0 Å². The van der Waals surface area contributed by atoms with Gasteiger partial charge in [0, 0.05) is 5.92 Å². The van der Waals surface area contributed by atoms with Gasteiger partial charge in [-0.15, -0.1) is 0 Å². The summed E-state index contributed by atoms with van der Waals surface area (Å²) in [4.78, 5) is 0. The van der Waals surface area contributed by atoms with Gasteiger partial charge in [-0.2, -0.15) is 0 Å². The van der Waals surface area contributed by atoms with Crippen molar-refractivity contribution in [2.75, 3.05) is 6.79 Å². The summed E-state index contributed by atoms with van der Waals surface area (Å²) in [5.74, 6) is -0.143. The molecule has 142 valence electrons. The van der Waals surface area contributed by atoms with Gasteiger partial charge in [-0.25, -0.2) is 0 Å². The summed E-state index contributed by atoms with van der Waals surface area (Å²) in [6, 6.07) is 0. The molecule has 2 rings (SSSR count). The maximum Gasteiger partial charge on any atom is 0.148 e. The van der Waals surface area contributed by atoms with Gasteiger partial charge in [0.15, 0.2) is 0 Å². The number of hydrogen-bond donors (Lipinski definition) is 6. The molecule has 24 heavy (non-hydrogen) atoms. The molecule has 1 aliphatic carbocycles. The largest absolute Gasteiger partial charge is 0.390 e. The Balaban J connectivity index is 1.91. The van der Waals surface area contributed by atoms with Gasteiger partial charge in [-0.3, -0.25) is 0 Å². The fraction of sp³-hybridized carbons (Fsp3) is 1.00. The molecule has 9 nitrogen and oxygen atoms in total. The molecule has 1 saturated heterocycles. The lowest BCUT2D eigenvalue weighted by molar-refractivity contribution is -0.274. The summed E-state index contributed by atoms with van der Waals surface area (Å²) in [5, 5.41) is 58.8. The number of ether oxygens (including phenoxy) is 3. The van der Waals surface area contributed by atoms with E-state index in [1.807, 2.05) is 13.8 Å². The minimum atomic E-state index is -1.67. The third-order valence-electron chi connectivity index (χ3n) is 5.10. The van der Waals surface area contributed by atoms with E-state index in [-0.39, 0.29) is 18.1 Å². The summed E-state index contributed by atoms with van der Waals surface area (Å²) in [6.45, 7) is 5.05. The van der Waals surface area contributed by atoms with Crippen LogP contribution in [0, 0.1) is 5.92 Å². The highest BCUT2D eigenvalue weighted by atomic mass is 16.7. The highest BCUT2D eigenvalue weighted by Gasteiger charge is 2.49. The smallest absolute Gasteiger partial charge is 0.148 e. The Bertz CT molecular complexity index is 392. The molecule has 0 aromatic carbocycles. The quantitative estimate of drug-likeness (QED) is 0.298. The van der Waals surface area contributed by atoms with Crippen LogP contribution in [0.25, 0.3) is 0 Å². The molecular formula is C15H28O9. The minimum absolute atomic E-state index is 0.121. The van der Waals surface area contributed by atoms with Crippen LogP contribution in [-0.2, 0) is 14.2 Å². The second kappa shape index (κ2) is 7.90. The first-order valence-electron chi connectivity index (χ1n) is 8.13. The number of aliphatic hydroxyl groups is 6. The summed E-state index contributed by atoms with van der Waals surface area (Å²) in [5.41, 5.74) is 0. The third kappa shape index (κ3) is 3.74. The van der Waals surface area contributed by atoms with Crippen LogP contribution >= 0.6 is 0 Å². The Morgan fingerprint density at radius 3 is 1.62 bits per heavy atom. The lowest BCUT2D eigenvalue weighted by Gasteiger charge is -2.43. The molecule has 0 amide bonds. The zero-order valence-electron chi connectivity index (χ0n) is 14.0. The SMILES string of the molecule is CC1OC(C)C(OCOC2C(O)C(O)C(O)C(O)C2O)C(O)C1C. The van der Waals surface area contributed by atoms with Gasteiger partial charge in [-0.05, 0) is 13.8 Å². The first kappa shape index (κ1) is 20.0. The van der Waals surface area contributed by atoms with Crippen molar-refractivity contribution in [2.45, 2.75) is 81.8 Å². The van der Waals surface area contributed by atoms with E-state index < -0.39 is 55.6 Å². The summed E-state index contributed by atoms with van der Waals surface area (Å²) >= 11 is 0. The van der Waals surface area contributed by atoms with Gasteiger partial charge in [-0.1, -0.05) is 6.92 Å².